The molecule has 4 rings (SSSR count). The van der Waals surface area contributed by atoms with Crippen molar-refractivity contribution in [2.24, 2.45) is 0 Å². The van der Waals surface area contributed by atoms with E-state index in [0.717, 1.165) is 25.8 Å². The molecular weight excluding hydrogens is 408 g/mol. The first-order valence-corrected chi connectivity index (χ1v) is 11.1. The monoisotopic (exact) mass is 440 g/mol. The van der Waals surface area contributed by atoms with E-state index in [2.05, 4.69) is 34.5 Å². The Balaban J connectivity index is 1.59. The van der Waals surface area contributed by atoms with Crippen molar-refractivity contribution < 1.29 is 23.7 Å². The summed E-state index contributed by atoms with van der Waals surface area (Å²) in [6, 6.07) is 14.1. The molecule has 1 N–H and O–H groups in total. The van der Waals surface area contributed by atoms with Gasteiger partial charge < -0.3 is 24.3 Å². The summed E-state index contributed by atoms with van der Waals surface area (Å²) in [5.41, 5.74) is 0.873. The van der Waals surface area contributed by atoms with E-state index in [1.165, 1.54) is 26.9 Å². The van der Waals surface area contributed by atoms with E-state index < -0.39 is 5.72 Å². The topological polar surface area (TPSA) is 69.3 Å². The number of fused-ring (bicyclic) bond motifs is 1. The van der Waals surface area contributed by atoms with Crippen molar-refractivity contribution in [1.29, 1.82) is 0 Å². The standard InChI is InChI=1S/C25H32N2O5/c1-25(26-24(28)18-14-20(29-2)23(31-4)21(15-18)30-3)22-12-8-9-13-27(22)19(16-32-25)17-10-6-5-7-11-17/h5-7,10-11,14-15,19,22H,8-9,12-13,16H2,1-4H3,(H,26,28)/t19-,22?,25-/m0/s1. The predicted molar refractivity (Wildman–Crippen MR) is 121 cm³/mol. The fraction of sp³-hybridized carbons (Fsp3) is 0.480. The number of nitrogens with one attached hydrogen (secondary N) is 1. The van der Waals surface area contributed by atoms with Gasteiger partial charge in [0.15, 0.2) is 17.2 Å². The molecule has 3 atom stereocenters. The highest BCUT2D eigenvalue weighted by Gasteiger charge is 2.48. The molecule has 32 heavy (non-hydrogen) atoms. The van der Waals surface area contributed by atoms with Crippen molar-refractivity contribution >= 4 is 5.91 Å². The van der Waals surface area contributed by atoms with Gasteiger partial charge in [-0.15, -0.1) is 0 Å². The largest absolute Gasteiger partial charge is 0.493 e. The number of carbonyl (C=O) groups excluding carboxylic acids is 1. The molecule has 0 aliphatic carbocycles. The van der Waals surface area contributed by atoms with Crippen LogP contribution in [0.15, 0.2) is 42.5 Å². The number of carbonyl (C=O) groups is 1. The van der Waals surface area contributed by atoms with Crippen molar-refractivity contribution in [2.75, 3.05) is 34.5 Å². The average Bonchev–Trinajstić information content (AvgIpc) is 2.83. The lowest BCUT2D eigenvalue weighted by Gasteiger charge is -2.54. The first kappa shape index (κ1) is 22.4. The lowest BCUT2D eigenvalue weighted by Crippen LogP contribution is -2.67. The number of amides is 1. The molecule has 1 amide bonds. The zero-order valence-electron chi connectivity index (χ0n) is 19.2. The summed E-state index contributed by atoms with van der Waals surface area (Å²) in [6.45, 7) is 3.49. The molecule has 2 aromatic rings. The Hall–Kier alpha value is -2.77. The third kappa shape index (κ3) is 4.14. The van der Waals surface area contributed by atoms with Crippen molar-refractivity contribution in [3.05, 3.63) is 53.6 Å². The van der Waals surface area contributed by atoms with Crippen molar-refractivity contribution in [3.8, 4) is 17.2 Å². The molecule has 0 aromatic heterocycles. The number of benzene rings is 2. The van der Waals surface area contributed by atoms with Gasteiger partial charge in [0.05, 0.1) is 40.0 Å². The van der Waals surface area contributed by atoms with Crippen LogP contribution in [0.1, 0.15) is 48.1 Å². The molecule has 7 nitrogen and oxygen atoms in total. The fourth-order valence-electron chi connectivity index (χ4n) is 4.95. The van der Waals surface area contributed by atoms with Crippen molar-refractivity contribution in [2.45, 2.75) is 44.0 Å². The molecule has 172 valence electrons. The van der Waals surface area contributed by atoms with Gasteiger partial charge in [-0.2, -0.15) is 0 Å². The lowest BCUT2D eigenvalue weighted by atomic mass is 9.88. The van der Waals surface area contributed by atoms with Crippen LogP contribution in [0.5, 0.6) is 17.2 Å². The smallest absolute Gasteiger partial charge is 0.253 e. The van der Waals surface area contributed by atoms with Crippen LogP contribution in [-0.2, 0) is 4.74 Å². The lowest BCUT2D eigenvalue weighted by molar-refractivity contribution is -0.184. The van der Waals surface area contributed by atoms with Gasteiger partial charge in [0.25, 0.3) is 5.91 Å². The molecular formula is C25H32N2O5. The molecule has 0 spiro atoms. The van der Waals surface area contributed by atoms with Gasteiger partial charge in [-0.1, -0.05) is 36.8 Å². The summed E-state index contributed by atoms with van der Waals surface area (Å²) < 4.78 is 22.6. The van der Waals surface area contributed by atoms with Crippen LogP contribution in [0.25, 0.3) is 0 Å². The Morgan fingerprint density at radius 1 is 1.06 bits per heavy atom. The maximum atomic E-state index is 13.3. The van der Waals surface area contributed by atoms with E-state index in [1.807, 2.05) is 13.0 Å². The van der Waals surface area contributed by atoms with E-state index in [1.54, 1.807) is 12.1 Å². The molecule has 2 aliphatic rings. The van der Waals surface area contributed by atoms with E-state index in [9.17, 15) is 4.79 Å². The number of morpholine rings is 1. The van der Waals surface area contributed by atoms with Crippen LogP contribution in [0.3, 0.4) is 0 Å². The van der Waals surface area contributed by atoms with Crippen LogP contribution in [0.2, 0.25) is 0 Å². The zero-order chi connectivity index (χ0) is 22.7. The molecule has 2 aromatic carbocycles. The Labute approximate surface area is 189 Å². The van der Waals surface area contributed by atoms with Gasteiger partial charge >= 0.3 is 0 Å². The first-order valence-electron chi connectivity index (χ1n) is 11.1. The summed E-state index contributed by atoms with van der Waals surface area (Å²) in [6.07, 6.45) is 3.23. The van der Waals surface area contributed by atoms with Crippen molar-refractivity contribution in [3.63, 3.8) is 0 Å². The highest BCUT2D eigenvalue weighted by atomic mass is 16.5. The number of methoxy groups -OCH3 is 3. The third-order valence-electron chi connectivity index (χ3n) is 6.59. The number of nitrogens with zero attached hydrogens (tertiary/aromatic N) is 1. The highest BCUT2D eigenvalue weighted by molar-refractivity contribution is 5.96. The Morgan fingerprint density at radius 2 is 1.75 bits per heavy atom. The summed E-state index contributed by atoms with van der Waals surface area (Å²) in [7, 11) is 4.61. The maximum Gasteiger partial charge on any atom is 0.253 e. The van der Waals surface area contributed by atoms with Crippen molar-refractivity contribution in [1.82, 2.24) is 10.2 Å². The van der Waals surface area contributed by atoms with Gasteiger partial charge in [-0.3, -0.25) is 9.69 Å². The average molecular weight is 441 g/mol. The van der Waals surface area contributed by atoms with Gasteiger partial charge in [0, 0.05) is 5.56 Å². The van der Waals surface area contributed by atoms with Gasteiger partial charge in [-0.05, 0) is 44.0 Å². The number of piperidine rings is 1. The second-order valence-corrected chi connectivity index (χ2v) is 8.46. The van der Waals surface area contributed by atoms with Crippen LogP contribution in [0.4, 0.5) is 0 Å². The Bertz CT molecular complexity index is 926. The SMILES string of the molecule is COc1cc(C(=O)N[C@@]2(C)OC[C@@H](c3ccccc3)N3CCCCC32)cc(OC)c1OC. The third-order valence-corrected chi connectivity index (χ3v) is 6.59. The highest BCUT2D eigenvalue weighted by Crippen LogP contribution is 2.41. The number of hydrogen-bond donors (Lipinski definition) is 1. The van der Waals surface area contributed by atoms with E-state index >= 15 is 0 Å². The number of ether oxygens (including phenoxy) is 4. The van der Waals surface area contributed by atoms with Crippen LogP contribution in [0, 0.1) is 0 Å². The van der Waals surface area contributed by atoms with Crippen LogP contribution >= 0.6 is 0 Å². The van der Waals surface area contributed by atoms with Gasteiger partial charge in [0.1, 0.15) is 0 Å². The normalized spacial score (nSPS) is 25.5. The Kier molecular flexibility index (Phi) is 6.58. The van der Waals surface area contributed by atoms with Gasteiger partial charge in [-0.25, -0.2) is 0 Å². The predicted octanol–water partition coefficient (Wildman–Crippen LogP) is 3.78. The summed E-state index contributed by atoms with van der Waals surface area (Å²) in [4.78, 5) is 15.8. The fourth-order valence-corrected chi connectivity index (χ4v) is 4.95. The molecule has 0 radical (unpaired) electrons. The maximum absolute atomic E-state index is 13.3. The molecule has 2 aliphatic heterocycles. The number of hydrogen-bond acceptors (Lipinski definition) is 6. The quantitative estimate of drug-likeness (QED) is 0.737. The molecule has 7 heteroatoms. The van der Waals surface area contributed by atoms with E-state index in [4.69, 9.17) is 18.9 Å². The molecule has 0 saturated carbocycles. The molecule has 1 unspecified atom stereocenters. The Morgan fingerprint density at radius 3 is 2.38 bits per heavy atom. The zero-order valence-corrected chi connectivity index (χ0v) is 19.2. The molecule has 2 heterocycles. The minimum absolute atomic E-state index is 0.0844. The van der Waals surface area contributed by atoms with E-state index in [0.29, 0.717) is 29.4 Å². The second kappa shape index (κ2) is 9.38. The van der Waals surface area contributed by atoms with Crippen LogP contribution in [-0.4, -0.2) is 57.1 Å². The summed E-state index contributed by atoms with van der Waals surface area (Å²) in [5, 5.41) is 3.17. The second-order valence-electron chi connectivity index (χ2n) is 8.46. The molecule has 2 saturated heterocycles. The molecule has 2 fully saturated rings. The number of rotatable bonds is 6. The summed E-state index contributed by atoms with van der Waals surface area (Å²) in [5.74, 6) is 1.09. The van der Waals surface area contributed by atoms with E-state index in [-0.39, 0.29) is 18.0 Å². The minimum atomic E-state index is -0.802. The summed E-state index contributed by atoms with van der Waals surface area (Å²) >= 11 is 0. The van der Waals surface area contributed by atoms with Gasteiger partial charge in [0.2, 0.25) is 5.75 Å². The van der Waals surface area contributed by atoms with Crippen LogP contribution < -0.4 is 19.5 Å². The first-order chi connectivity index (χ1) is 15.5. The minimum Gasteiger partial charge on any atom is -0.493 e. The molecule has 0 bridgehead atoms.